The predicted octanol–water partition coefficient (Wildman–Crippen LogP) is 4.33. The molecule has 1 saturated carbocycles. The summed E-state index contributed by atoms with van der Waals surface area (Å²) in [6, 6.07) is 12.8. The van der Waals surface area contributed by atoms with Crippen molar-refractivity contribution in [3.63, 3.8) is 0 Å². The maximum Gasteiger partial charge on any atom is 0.217 e. The molecule has 36 heavy (non-hydrogen) atoms. The Labute approximate surface area is 212 Å². The van der Waals surface area contributed by atoms with E-state index in [0.29, 0.717) is 11.5 Å². The van der Waals surface area contributed by atoms with E-state index >= 15 is 0 Å². The molecule has 2 aromatic rings. The number of carbonyl (C=O) groups is 1. The maximum atomic E-state index is 13.7. The van der Waals surface area contributed by atoms with Crippen molar-refractivity contribution in [3.8, 4) is 0 Å². The molecule has 3 rings (SSSR count). The van der Waals surface area contributed by atoms with Gasteiger partial charge in [-0.15, -0.1) is 0 Å². The van der Waals surface area contributed by atoms with Gasteiger partial charge in [-0.1, -0.05) is 42.0 Å². The van der Waals surface area contributed by atoms with E-state index in [0.717, 1.165) is 18.9 Å². The lowest BCUT2D eigenvalue weighted by Gasteiger charge is -2.32. The van der Waals surface area contributed by atoms with Crippen molar-refractivity contribution in [2.75, 3.05) is 13.6 Å². The second-order valence-electron chi connectivity index (χ2n) is 9.95. The Hall–Kier alpha value is -3.03. The molecule has 0 radical (unpaired) electrons. The largest absolute Gasteiger partial charge is 0.390 e. The summed E-state index contributed by atoms with van der Waals surface area (Å²) in [6.07, 6.45) is 6.99. The Bertz CT molecular complexity index is 1060. The summed E-state index contributed by atoms with van der Waals surface area (Å²) in [4.78, 5) is 14.0. The number of carbonyl (C=O) groups excluding carboxylic acids is 1. The van der Waals surface area contributed by atoms with E-state index in [4.69, 9.17) is 0 Å². The zero-order chi connectivity index (χ0) is 26.3. The van der Waals surface area contributed by atoms with Crippen LogP contribution in [0.5, 0.6) is 0 Å². The number of amides is 1. The van der Waals surface area contributed by atoms with E-state index in [1.807, 2.05) is 57.4 Å². The minimum atomic E-state index is -0.967. The van der Waals surface area contributed by atoms with Crippen molar-refractivity contribution in [2.45, 2.75) is 57.8 Å². The average molecular weight is 498 g/mol. The standard InChI is InChI=1S/C29H37F2N3O2/c1-20(2)9-8-12-34(4)29(18-24(29)13-22-10-6-5-7-11-22)32-19-28(36)27(33-21(3)35)16-23-14-25(30)17-26(31)15-23/h5-12,14-15,17,24,27-28,32,36H,13,16,18-19H2,1-4H3,(H,33,35)/b12-8-. The molecule has 4 unspecified atom stereocenters. The van der Waals surface area contributed by atoms with E-state index in [2.05, 4.69) is 27.7 Å². The molecule has 5 nitrogen and oxygen atoms in total. The maximum absolute atomic E-state index is 13.7. The number of hydrogen-bond acceptors (Lipinski definition) is 4. The third-order valence-corrected chi connectivity index (χ3v) is 6.61. The van der Waals surface area contributed by atoms with Crippen LogP contribution in [-0.2, 0) is 17.6 Å². The van der Waals surface area contributed by atoms with Crippen LogP contribution in [0.15, 0.2) is 72.5 Å². The van der Waals surface area contributed by atoms with Gasteiger partial charge in [0.05, 0.1) is 17.8 Å². The molecule has 0 heterocycles. The topological polar surface area (TPSA) is 64.6 Å². The fourth-order valence-electron chi connectivity index (χ4n) is 4.68. The summed E-state index contributed by atoms with van der Waals surface area (Å²) in [7, 11) is 2.01. The van der Waals surface area contributed by atoms with E-state index in [-0.39, 0.29) is 24.5 Å². The van der Waals surface area contributed by atoms with Gasteiger partial charge in [-0.2, -0.15) is 0 Å². The van der Waals surface area contributed by atoms with Gasteiger partial charge in [0.25, 0.3) is 0 Å². The Morgan fingerprint density at radius 1 is 1.14 bits per heavy atom. The number of nitrogens with one attached hydrogen (secondary N) is 2. The van der Waals surface area contributed by atoms with Gasteiger partial charge >= 0.3 is 0 Å². The number of rotatable bonds is 12. The fourth-order valence-corrected chi connectivity index (χ4v) is 4.68. The second kappa shape index (κ2) is 12.3. The summed E-state index contributed by atoms with van der Waals surface area (Å²) in [5, 5.41) is 17.3. The lowest BCUT2D eigenvalue weighted by molar-refractivity contribution is -0.120. The molecular weight excluding hydrogens is 460 g/mol. The Balaban J connectivity index is 1.74. The number of nitrogens with zero attached hydrogens (tertiary/aromatic N) is 1. The van der Waals surface area contributed by atoms with Crippen LogP contribution in [0.3, 0.4) is 0 Å². The molecule has 0 aromatic heterocycles. The summed E-state index contributed by atoms with van der Waals surface area (Å²) in [5.41, 5.74) is 2.46. The summed E-state index contributed by atoms with van der Waals surface area (Å²) < 4.78 is 27.4. The molecule has 1 aliphatic rings. The van der Waals surface area contributed by atoms with Gasteiger partial charge in [-0.3, -0.25) is 10.1 Å². The predicted molar refractivity (Wildman–Crippen MR) is 139 cm³/mol. The van der Waals surface area contributed by atoms with Crippen LogP contribution in [0.4, 0.5) is 8.78 Å². The van der Waals surface area contributed by atoms with E-state index < -0.39 is 23.8 Å². The van der Waals surface area contributed by atoms with Gasteiger partial charge in [0, 0.05) is 38.7 Å². The third-order valence-electron chi connectivity index (χ3n) is 6.61. The Morgan fingerprint density at radius 2 is 1.81 bits per heavy atom. The van der Waals surface area contributed by atoms with Crippen LogP contribution in [0.1, 0.15) is 38.3 Å². The van der Waals surface area contributed by atoms with E-state index in [1.165, 1.54) is 30.2 Å². The highest BCUT2D eigenvalue weighted by molar-refractivity contribution is 5.73. The van der Waals surface area contributed by atoms with E-state index in [9.17, 15) is 18.7 Å². The van der Waals surface area contributed by atoms with Gasteiger partial charge in [0.2, 0.25) is 5.91 Å². The Kier molecular flexibility index (Phi) is 9.40. The molecule has 2 aromatic carbocycles. The van der Waals surface area contributed by atoms with Crippen molar-refractivity contribution in [3.05, 3.63) is 95.2 Å². The quantitative estimate of drug-likeness (QED) is 0.302. The number of benzene rings is 2. The van der Waals surface area contributed by atoms with Crippen molar-refractivity contribution in [1.29, 1.82) is 0 Å². The van der Waals surface area contributed by atoms with Gasteiger partial charge < -0.3 is 15.3 Å². The number of halogens is 2. The van der Waals surface area contributed by atoms with Gasteiger partial charge in [-0.05, 0) is 62.4 Å². The van der Waals surface area contributed by atoms with E-state index in [1.54, 1.807) is 0 Å². The molecule has 7 heteroatoms. The average Bonchev–Trinajstić information content (AvgIpc) is 3.50. The molecule has 1 fully saturated rings. The lowest BCUT2D eigenvalue weighted by Crippen LogP contribution is -2.53. The normalized spacial score (nSPS) is 20.6. The molecular formula is C29H37F2N3O2. The third kappa shape index (κ3) is 7.73. The summed E-state index contributed by atoms with van der Waals surface area (Å²) in [6.45, 7) is 5.64. The van der Waals surface area contributed by atoms with Crippen molar-refractivity contribution in [1.82, 2.24) is 15.5 Å². The highest BCUT2D eigenvalue weighted by atomic mass is 19.1. The zero-order valence-corrected chi connectivity index (χ0v) is 21.5. The molecule has 0 bridgehead atoms. The van der Waals surface area contributed by atoms with Gasteiger partial charge in [-0.25, -0.2) is 8.78 Å². The Morgan fingerprint density at radius 3 is 2.42 bits per heavy atom. The SMILES string of the molecule is CC(=O)NC(Cc1cc(F)cc(F)c1)C(O)CNC1(N(C)/C=C\C=C(C)C)CC1Cc1ccccc1. The monoisotopic (exact) mass is 497 g/mol. The number of allylic oxidation sites excluding steroid dienone is 3. The smallest absolute Gasteiger partial charge is 0.217 e. The highest BCUT2D eigenvalue weighted by Gasteiger charge is 2.56. The molecule has 4 atom stereocenters. The number of aliphatic hydroxyl groups is 1. The molecule has 194 valence electrons. The number of hydrogen-bond donors (Lipinski definition) is 3. The van der Waals surface area contributed by atoms with Crippen molar-refractivity contribution >= 4 is 5.91 Å². The van der Waals surface area contributed by atoms with Crippen molar-refractivity contribution < 1.29 is 18.7 Å². The molecule has 1 aliphatic carbocycles. The van der Waals surface area contributed by atoms with Crippen LogP contribution in [0.2, 0.25) is 0 Å². The van der Waals surface area contributed by atoms with Crippen LogP contribution in [0.25, 0.3) is 0 Å². The molecule has 0 spiro atoms. The zero-order valence-electron chi connectivity index (χ0n) is 21.5. The molecule has 0 saturated heterocycles. The van der Waals surface area contributed by atoms with Gasteiger partial charge in [0.1, 0.15) is 11.6 Å². The lowest BCUT2D eigenvalue weighted by atomic mass is 10.0. The fraction of sp³-hybridized carbons (Fsp3) is 0.414. The molecule has 1 amide bonds. The molecule has 0 aliphatic heterocycles. The molecule has 3 N–H and O–H groups in total. The number of aliphatic hydroxyl groups excluding tert-OH is 1. The summed E-state index contributed by atoms with van der Waals surface area (Å²) in [5.74, 6) is -1.37. The van der Waals surface area contributed by atoms with Crippen LogP contribution < -0.4 is 10.6 Å². The van der Waals surface area contributed by atoms with Crippen LogP contribution in [-0.4, -0.2) is 47.3 Å². The van der Waals surface area contributed by atoms with Crippen LogP contribution in [0, 0.1) is 17.6 Å². The van der Waals surface area contributed by atoms with Gasteiger partial charge in [0.15, 0.2) is 0 Å². The first-order chi connectivity index (χ1) is 17.1. The summed E-state index contributed by atoms with van der Waals surface area (Å²) >= 11 is 0. The van der Waals surface area contributed by atoms with Crippen LogP contribution >= 0.6 is 0 Å². The second-order valence-corrected chi connectivity index (χ2v) is 9.95. The minimum absolute atomic E-state index is 0.105. The van der Waals surface area contributed by atoms with Crippen molar-refractivity contribution in [2.24, 2.45) is 5.92 Å². The first-order valence-corrected chi connectivity index (χ1v) is 12.3. The first-order valence-electron chi connectivity index (χ1n) is 12.3. The highest BCUT2D eigenvalue weighted by Crippen LogP contribution is 2.47. The minimum Gasteiger partial charge on any atom is -0.390 e. The first kappa shape index (κ1) is 27.6.